The molecule has 2 aromatic carbocycles. The average Bonchev–Trinajstić information content (AvgIpc) is 2.70. The van der Waals surface area contributed by atoms with Crippen molar-refractivity contribution in [2.24, 2.45) is 0 Å². The first-order valence-corrected chi connectivity index (χ1v) is 11.2. The molecule has 1 N–H and O–H groups in total. The third kappa shape index (κ3) is 5.54. The number of carbonyl (C=O) groups is 1. The second-order valence-corrected chi connectivity index (χ2v) is 9.25. The van der Waals surface area contributed by atoms with E-state index in [9.17, 15) is 17.6 Å². The third-order valence-corrected chi connectivity index (χ3v) is 7.05. The third-order valence-electron chi connectivity index (χ3n) is 4.14. The Morgan fingerprint density at radius 1 is 1.14 bits per heavy atom. The molecule has 0 bridgehead atoms. The molecule has 1 amide bonds. The van der Waals surface area contributed by atoms with E-state index in [1.807, 2.05) is 0 Å². The fraction of sp³-hybridized carbons (Fsp3) is 0.316. The molecule has 6 nitrogen and oxygen atoms in total. The average molecular weight is 425 g/mol. The second-order valence-electron chi connectivity index (χ2n) is 6.14. The maximum absolute atomic E-state index is 12.9. The number of thioether (sulfide) groups is 1. The Morgan fingerprint density at radius 2 is 1.86 bits per heavy atom. The predicted molar refractivity (Wildman–Crippen MR) is 106 cm³/mol. The molecule has 1 heterocycles. The Labute approximate surface area is 168 Å². The number of anilines is 1. The number of amides is 1. The minimum absolute atomic E-state index is 0.146. The van der Waals surface area contributed by atoms with Crippen molar-refractivity contribution in [2.45, 2.75) is 16.2 Å². The Kier molecular flexibility index (Phi) is 7.06. The van der Waals surface area contributed by atoms with Gasteiger partial charge in [0, 0.05) is 35.8 Å². The van der Waals surface area contributed by atoms with E-state index in [2.05, 4.69) is 5.32 Å². The highest BCUT2D eigenvalue weighted by molar-refractivity contribution is 7.99. The first-order chi connectivity index (χ1) is 13.4. The number of rotatable bonds is 7. The molecule has 28 heavy (non-hydrogen) atoms. The van der Waals surface area contributed by atoms with E-state index in [4.69, 9.17) is 4.74 Å². The molecule has 1 saturated heterocycles. The number of carbonyl (C=O) groups excluding carboxylic acids is 1. The first kappa shape index (κ1) is 20.8. The van der Waals surface area contributed by atoms with Gasteiger partial charge in [0.25, 0.3) is 0 Å². The number of morpholine rings is 1. The molecule has 0 aliphatic carbocycles. The highest BCUT2D eigenvalue weighted by atomic mass is 32.2. The van der Waals surface area contributed by atoms with E-state index < -0.39 is 10.0 Å². The SMILES string of the molecule is O=C(CCSc1ccc(F)cc1)Nc1cccc(S(=O)(=O)N2CCOCC2)c1. The van der Waals surface area contributed by atoms with Crippen LogP contribution in [0.25, 0.3) is 0 Å². The van der Waals surface area contributed by atoms with Gasteiger partial charge < -0.3 is 10.1 Å². The number of hydrogen-bond acceptors (Lipinski definition) is 5. The monoisotopic (exact) mass is 424 g/mol. The highest BCUT2D eigenvalue weighted by Gasteiger charge is 2.26. The summed E-state index contributed by atoms with van der Waals surface area (Å²) in [6.45, 7) is 1.39. The van der Waals surface area contributed by atoms with Crippen LogP contribution in [0.15, 0.2) is 58.3 Å². The fourth-order valence-corrected chi connectivity index (χ4v) is 4.99. The zero-order valence-electron chi connectivity index (χ0n) is 15.1. The summed E-state index contributed by atoms with van der Waals surface area (Å²) in [4.78, 5) is 13.2. The smallest absolute Gasteiger partial charge is 0.243 e. The van der Waals surface area contributed by atoms with Gasteiger partial charge in [0.1, 0.15) is 5.82 Å². The number of benzene rings is 2. The molecule has 0 atom stereocenters. The van der Waals surface area contributed by atoms with Gasteiger partial charge in [-0.2, -0.15) is 4.31 Å². The standard InChI is InChI=1S/C19H21FN2O4S2/c20-15-4-6-17(7-5-15)27-13-8-19(23)21-16-2-1-3-18(14-16)28(24,25)22-9-11-26-12-10-22/h1-7,14H,8-13H2,(H,21,23). The molecular formula is C19H21FN2O4S2. The van der Waals surface area contributed by atoms with Crippen LogP contribution >= 0.6 is 11.8 Å². The lowest BCUT2D eigenvalue weighted by Gasteiger charge is -2.26. The summed E-state index contributed by atoms with van der Waals surface area (Å²) in [5.74, 6) is 0.0213. The van der Waals surface area contributed by atoms with Gasteiger partial charge in [0.05, 0.1) is 18.1 Å². The van der Waals surface area contributed by atoms with Crippen molar-refractivity contribution in [1.29, 1.82) is 0 Å². The first-order valence-electron chi connectivity index (χ1n) is 8.81. The van der Waals surface area contributed by atoms with E-state index in [1.54, 1.807) is 24.3 Å². The number of halogens is 1. The molecule has 3 rings (SSSR count). The topological polar surface area (TPSA) is 75.7 Å². The molecule has 1 aliphatic rings. The quantitative estimate of drug-likeness (QED) is 0.692. The lowest BCUT2D eigenvalue weighted by molar-refractivity contribution is -0.115. The molecule has 0 radical (unpaired) electrons. The van der Waals surface area contributed by atoms with Crippen LogP contribution in [0, 0.1) is 5.82 Å². The number of nitrogens with one attached hydrogen (secondary N) is 1. The second kappa shape index (κ2) is 9.51. The van der Waals surface area contributed by atoms with Crippen molar-refractivity contribution in [1.82, 2.24) is 4.31 Å². The van der Waals surface area contributed by atoms with Crippen molar-refractivity contribution in [3.63, 3.8) is 0 Å². The molecule has 0 aromatic heterocycles. The summed E-state index contributed by atoms with van der Waals surface area (Å²) in [5.41, 5.74) is 0.436. The van der Waals surface area contributed by atoms with Gasteiger partial charge in [0.2, 0.25) is 15.9 Å². The van der Waals surface area contributed by atoms with Crippen LogP contribution in [0.2, 0.25) is 0 Å². The van der Waals surface area contributed by atoms with Crippen molar-refractivity contribution in [2.75, 3.05) is 37.4 Å². The van der Waals surface area contributed by atoms with E-state index in [-0.39, 0.29) is 23.0 Å². The van der Waals surface area contributed by atoms with Gasteiger partial charge in [-0.05, 0) is 42.5 Å². The van der Waals surface area contributed by atoms with E-state index in [1.165, 1.54) is 40.3 Å². The lowest BCUT2D eigenvalue weighted by Crippen LogP contribution is -2.40. The fourth-order valence-electron chi connectivity index (χ4n) is 2.69. The van der Waals surface area contributed by atoms with Crippen LogP contribution in [0.5, 0.6) is 0 Å². The van der Waals surface area contributed by atoms with Crippen LogP contribution in [0.3, 0.4) is 0 Å². The van der Waals surface area contributed by atoms with E-state index in [0.29, 0.717) is 37.7 Å². The van der Waals surface area contributed by atoms with E-state index >= 15 is 0 Å². The van der Waals surface area contributed by atoms with Crippen LogP contribution in [-0.4, -0.2) is 50.7 Å². The van der Waals surface area contributed by atoms with E-state index in [0.717, 1.165) is 4.90 Å². The van der Waals surface area contributed by atoms with Gasteiger partial charge in [0.15, 0.2) is 0 Å². The molecular weight excluding hydrogens is 403 g/mol. The van der Waals surface area contributed by atoms with Crippen LogP contribution < -0.4 is 5.32 Å². The number of ether oxygens (including phenoxy) is 1. The number of hydrogen-bond donors (Lipinski definition) is 1. The maximum atomic E-state index is 12.9. The summed E-state index contributed by atoms with van der Waals surface area (Å²) in [6.07, 6.45) is 0.252. The van der Waals surface area contributed by atoms with Gasteiger partial charge in [-0.25, -0.2) is 12.8 Å². The van der Waals surface area contributed by atoms with Crippen molar-refractivity contribution >= 4 is 33.4 Å². The van der Waals surface area contributed by atoms with Crippen LogP contribution in [0.4, 0.5) is 10.1 Å². The minimum Gasteiger partial charge on any atom is -0.379 e. The van der Waals surface area contributed by atoms with Gasteiger partial charge in [-0.1, -0.05) is 6.07 Å². The Bertz CT molecular complexity index is 914. The minimum atomic E-state index is -3.61. The highest BCUT2D eigenvalue weighted by Crippen LogP contribution is 2.22. The summed E-state index contributed by atoms with van der Waals surface area (Å²) in [5, 5.41) is 2.73. The molecule has 150 valence electrons. The molecule has 0 spiro atoms. The molecule has 9 heteroatoms. The van der Waals surface area contributed by atoms with Gasteiger partial charge in [-0.15, -0.1) is 11.8 Å². The Balaban J connectivity index is 1.56. The van der Waals surface area contributed by atoms with Crippen molar-refractivity contribution < 1.29 is 22.3 Å². The Hall–Kier alpha value is -1.94. The predicted octanol–water partition coefficient (Wildman–Crippen LogP) is 2.97. The molecule has 0 saturated carbocycles. The number of sulfonamides is 1. The normalized spacial score (nSPS) is 15.3. The summed E-state index contributed by atoms with van der Waals surface area (Å²) >= 11 is 1.45. The van der Waals surface area contributed by atoms with Crippen LogP contribution in [-0.2, 0) is 19.6 Å². The van der Waals surface area contributed by atoms with Crippen LogP contribution in [0.1, 0.15) is 6.42 Å². The Morgan fingerprint density at radius 3 is 2.57 bits per heavy atom. The largest absolute Gasteiger partial charge is 0.379 e. The zero-order chi connectivity index (χ0) is 20.0. The number of nitrogens with zero attached hydrogens (tertiary/aromatic N) is 1. The summed E-state index contributed by atoms with van der Waals surface area (Å²) in [6, 6.07) is 12.3. The molecule has 2 aromatic rings. The summed E-state index contributed by atoms with van der Waals surface area (Å²) in [7, 11) is -3.61. The van der Waals surface area contributed by atoms with Crippen molar-refractivity contribution in [3.8, 4) is 0 Å². The molecule has 0 unspecified atom stereocenters. The van der Waals surface area contributed by atoms with Crippen molar-refractivity contribution in [3.05, 3.63) is 54.3 Å². The zero-order valence-corrected chi connectivity index (χ0v) is 16.8. The summed E-state index contributed by atoms with van der Waals surface area (Å²) < 4.78 is 44.9. The molecule has 1 aliphatic heterocycles. The van der Waals surface area contributed by atoms with Gasteiger partial charge >= 0.3 is 0 Å². The molecule has 1 fully saturated rings. The lowest BCUT2D eigenvalue weighted by atomic mass is 10.3. The maximum Gasteiger partial charge on any atom is 0.243 e. The van der Waals surface area contributed by atoms with Gasteiger partial charge in [-0.3, -0.25) is 4.79 Å².